The Bertz CT molecular complexity index is 928. The molecule has 2 aromatic carbocycles. The van der Waals surface area contributed by atoms with Crippen LogP contribution in [0.3, 0.4) is 0 Å². The molecule has 41 heavy (non-hydrogen) atoms. The lowest BCUT2D eigenvalue weighted by atomic mass is 9.78. The van der Waals surface area contributed by atoms with Crippen molar-refractivity contribution in [1.29, 1.82) is 0 Å². The molecule has 0 heterocycles. The van der Waals surface area contributed by atoms with E-state index in [0.717, 1.165) is 42.8 Å². The molecule has 0 radical (unpaired) electrons. The molecule has 0 aliphatic heterocycles. The van der Waals surface area contributed by atoms with Gasteiger partial charge in [0.2, 0.25) is 0 Å². The Morgan fingerprint density at radius 3 is 1.59 bits per heavy atom. The number of unbranched alkanes of at least 4 members (excludes halogenated alkanes) is 9. The third-order valence-corrected chi connectivity index (χ3v) is 8.60. The van der Waals surface area contributed by atoms with E-state index in [9.17, 15) is 4.79 Å². The molecular weight excluding hydrogens is 508 g/mol. The first-order valence-electron chi connectivity index (χ1n) is 16.9. The first-order valence-corrected chi connectivity index (χ1v) is 16.9. The predicted octanol–water partition coefficient (Wildman–Crippen LogP) is 11.0. The van der Waals surface area contributed by atoms with Gasteiger partial charge in [0.15, 0.2) is 0 Å². The summed E-state index contributed by atoms with van der Waals surface area (Å²) < 4.78 is 17.3. The van der Waals surface area contributed by atoms with Crippen LogP contribution < -0.4 is 14.2 Å². The Morgan fingerprint density at radius 1 is 0.561 bits per heavy atom. The molecule has 1 fully saturated rings. The lowest BCUT2D eigenvalue weighted by molar-refractivity contribution is 0.0734. The topological polar surface area (TPSA) is 44.8 Å². The molecule has 1 aliphatic carbocycles. The van der Waals surface area contributed by atoms with Crippen LogP contribution in [0, 0.1) is 11.8 Å². The van der Waals surface area contributed by atoms with E-state index in [-0.39, 0.29) is 5.97 Å². The average Bonchev–Trinajstić information content (AvgIpc) is 3.00. The van der Waals surface area contributed by atoms with Crippen LogP contribution in [0.1, 0.15) is 140 Å². The standard InChI is InChI=1S/C37H56O4/c1-3-5-7-9-11-13-29-39-34-23-21-33(22-24-34)37(38)41-36-27-25-35(26-28-36)40-30-14-16-32-19-17-31(18-20-32)15-12-10-8-6-4-2/h21-28,31-32H,3-20,29-30H2,1-2H3. The number of esters is 1. The molecule has 0 atom stereocenters. The van der Waals surface area contributed by atoms with E-state index in [2.05, 4.69) is 13.8 Å². The minimum atomic E-state index is -0.368. The first-order chi connectivity index (χ1) is 20.2. The summed E-state index contributed by atoms with van der Waals surface area (Å²) in [6.07, 6.45) is 23.9. The minimum absolute atomic E-state index is 0.368. The SMILES string of the molecule is CCCCCCCCOc1ccc(C(=O)Oc2ccc(OCCCC3CCC(CCCCCCC)CC3)cc2)cc1. The highest BCUT2D eigenvalue weighted by Crippen LogP contribution is 2.34. The molecule has 228 valence electrons. The van der Waals surface area contributed by atoms with Crippen LogP contribution in [0.5, 0.6) is 17.2 Å². The van der Waals surface area contributed by atoms with Gasteiger partial charge in [-0.05, 0) is 79.6 Å². The van der Waals surface area contributed by atoms with Crippen molar-refractivity contribution in [2.75, 3.05) is 13.2 Å². The highest BCUT2D eigenvalue weighted by atomic mass is 16.5. The van der Waals surface area contributed by atoms with Crippen LogP contribution in [-0.4, -0.2) is 19.2 Å². The van der Waals surface area contributed by atoms with E-state index in [1.165, 1.54) is 103 Å². The van der Waals surface area contributed by atoms with Gasteiger partial charge in [-0.3, -0.25) is 0 Å². The number of carbonyl (C=O) groups is 1. The Labute approximate surface area is 250 Å². The highest BCUT2D eigenvalue weighted by molar-refractivity contribution is 5.91. The smallest absolute Gasteiger partial charge is 0.343 e. The largest absolute Gasteiger partial charge is 0.494 e. The van der Waals surface area contributed by atoms with Crippen LogP contribution in [-0.2, 0) is 0 Å². The Morgan fingerprint density at radius 2 is 1.00 bits per heavy atom. The van der Waals surface area contributed by atoms with Gasteiger partial charge in [-0.2, -0.15) is 0 Å². The summed E-state index contributed by atoms with van der Waals surface area (Å²) in [6, 6.07) is 14.6. The lowest BCUT2D eigenvalue weighted by Gasteiger charge is -2.28. The molecule has 4 nitrogen and oxygen atoms in total. The van der Waals surface area contributed by atoms with Gasteiger partial charge in [-0.1, -0.05) is 110 Å². The fraction of sp³-hybridized carbons (Fsp3) is 0.649. The molecule has 0 bridgehead atoms. The molecule has 0 saturated heterocycles. The van der Waals surface area contributed by atoms with Crippen molar-refractivity contribution >= 4 is 5.97 Å². The number of hydrogen-bond donors (Lipinski definition) is 0. The van der Waals surface area contributed by atoms with Crippen molar-refractivity contribution in [1.82, 2.24) is 0 Å². The summed E-state index contributed by atoms with van der Waals surface area (Å²) in [5.41, 5.74) is 0.512. The number of benzene rings is 2. The van der Waals surface area contributed by atoms with Crippen LogP contribution >= 0.6 is 0 Å². The Balaban J connectivity index is 1.25. The Kier molecular flexibility index (Phi) is 16.4. The monoisotopic (exact) mass is 564 g/mol. The third kappa shape index (κ3) is 13.8. The van der Waals surface area contributed by atoms with E-state index in [4.69, 9.17) is 14.2 Å². The second-order valence-corrected chi connectivity index (χ2v) is 12.1. The summed E-state index contributed by atoms with van der Waals surface area (Å²) in [5.74, 6) is 3.61. The molecule has 1 aliphatic rings. The number of hydrogen-bond acceptors (Lipinski definition) is 4. The molecule has 0 N–H and O–H groups in total. The molecule has 0 unspecified atom stereocenters. The summed E-state index contributed by atoms with van der Waals surface area (Å²) in [6.45, 7) is 5.97. The number of carbonyl (C=O) groups excluding carboxylic acids is 1. The van der Waals surface area contributed by atoms with Crippen LogP contribution in [0.4, 0.5) is 0 Å². The Hall–Kier alpha value is -2.49. The molecular formula is C37H56O4. The van der Waals surface area contributed by atoms with Crippen molar-refractivity contribution in [2.24, 2.45) is 11.8 Å². The van der Waals surface area contributed by atoms with Crippen molar-refractivity contribution in [3.8, 4) is 17.2 Å². The predicted molar refractivity (Wildman–Crippen MR) is 170 cm³/mol. The molecule has 3 rings (SSSR count). The summed E-state index contributed by atoms with van der Waals surface area (Å²) in [4.78, 5) is 12.6. The maximum Gasteiger partial charge on any atom is 0.343 e. The van der Waals surface area contributed by atoms with Gasteiger partial charge in [-0.15, -0.1) is 0 Å². The van der Waals surface area contributed by atoms with E-state index in [1.807, 2.05) is 24.3 Å². The van der Waals surface area contributed by atoms with Crippen LogP contribution in [0.2, 0.25) is 0 Å². The lowest BCUT2D eigenvalue weighted by Crippen LogP contribution is -2.15. The quantitative estimate of drug-likeness (QED) is 0.0859. The summed E-state index contributed by atoms with van der Waals surface area (Å²) in [7, 11) is 0. The van der Waals surface area contributed by atoms with Gasteiger partial charge in [0, 0.05) is 0 Å². The zero-order valence-corrected chi connectivity index (χ0v) is 26.0. The molecule has 0 spiro atoms. The van der Waals surface area contributed by atoms with E-state index in [0.29, 0.717) is 17.9 Å². The van der Waals surface area contributed by atoms with Gasteiger partial charge >= 0.3 is 5.97 Å². The van der Waals surface area contributed by atoms with Gasteiger partial charge in [-0.25, -0.2) is 4.79 Å². The summed E-state index contributed by atoms with van der Waals surface area (Å²) >= 11 is 0. The number of rotatable bonds is 21. The van der Waals surface area contributed by atoms with Gasteiger partial charge < -0.3 is 14.2 Å². The first kappa shape index (κ1) is 33.0. The fourth-order valence-corrected chi connectivity index (χ4v) is 5.94. The molecule has 1 saturated carbocycles. The van der Waals surface area contributed by atoms with Crippen LogP contribution in [0.25, 0.3) is 0 Å². The van der Waals surface area contributed by atoms with E-state index < -0.39 is 0 Å². The van der Waals surface area contributed by atoms with Crippen molar-refractivity contribution in [3.63, 3.8) is 0 Å². The zero-order valence-electron chi connectivity index (χ0n) is 26.0. The van der Waals surface area contributed by atoms with E-state index in [1.54, 1.807) is 24.3 Å². The highest BCUT2D eigenvalue weighted by Gasteiger charge is 2.20. The van der Waals surface area contributed by atoms with Gasteiger partial charge in [0.1, 0.15) is 17.2 Å². The maximum absolute atomic E-state index is 12.6. The van der Waals surface area contributed by atoms with E-state index >= 15 is 0 Å². The zero-order chi connectivity index (χ0) is 29.0. The average molecular weight is 565 g/mol. The van der Waals surface area contributed by atoms with Crippen LogP contribution in [0.15, 0.2) is 48.5 Å². The van der Waals surface area contributed by atoms with Crippen molar-refractivity contribution < 1.29 is 19.0 Å². The van der Waals surface area contributed by atoms with Gasteiger partial charge in [0.05, 0.1) is 18.8 Å². The minimum Gasteiger partial charge on any atom is -0.494 e. The van der Waals surface area contributed by atoms with Gasteiger partial charge in [0.25, 0.3) is 0 Å². The fourth-order valence-electron chi connectivity index (χ4n) is 5.94. The molecule has 0 aromatic heterocycles. The number of ether oxygens (including phenoxy) is 3. The van der Waals surface area contributed by atoms with Crippen molar-refractivity contribution in [2.45, 2.75) is 129 Å². The second-order valence-electron chi connectivity index (χ2n) is 12.1. The van der Waals surface area contributed by atoms with Crippen molar-refractivity contribution in [3.05, 3.63) is 54.1 Å². The maximum atomic E-state index is 12.6. The molecule has 0 amide bonds. The summed E-state index contributed by atoms with van der Waals surface area (Å²) in [5, 5.41) is 0. The second kappa shape index (κ2) is 20.4. The normalized spacial score (nSPS) is 16.8. The molecule has 4 heteroatoms. The third-order valence-electron chi connectivity index (χ3n) is 8.60. The molecule has 2 aromatic rings.